The molecule has 0 aliphatic heterocycles. The monoisotopic (exact) mass is 252 g/mol. The minimum absolute atomic E-state index is 0.431. The largest absolute Gasteiger partial charge is 0.383 e. The molecule has 0 saturated heterocycles. The molecule has 0 bridgehead atoms. The fourth-order valence-electron chi connectivity index (χ4n) is 2.79. The molecule has 19 heavy (non-hydrogen) atoms. The van der Waals surface area contributed by atoms with Crippen LogP contribution in [0, 0.1) is 5.41 Å². The van der Waals surface area contributed by atoms with Gasteiger partial charge in [-0.05, 0) is 35.6 Å². The predicted molar refractivity (Wildman–Crippen MR) is 81.8 cm³/mol. The summed E-state index contributed by atoms with van der Waals surface area (Å²) in [6.45, 7) is 4.67. The van der Waals surface area contributed by atoms with E-state index in [9.17, 15) is 0 Å². The third-order valence-electron chi connectivity index (χ3n) is 4.14. The van der Waals surface area contributed by atoms with Crippen molar-refractivity contribution in [3.63, 3.8) is 0 Å². The molecule has 0 spiro atoms. The average molecular weight is 252 g/mol. The molecular weight excluding hydrogens is 232 g/mol. The maximum atomic E-state index is 5.97. The lowest BCUT2D eigenvalue weighted by Gasteiger charge is -2.29. The lowest BCUT2D eigenvalue weighted by Crippen LogP contribution is -2.14. The molecule has 0 atom stereocenters. The number of anilines is 1. The van der Waals surface area contributed by atoms with Crippen LogP contribution in [0.15, 0.2) is 36.5 Å². The average Bonchev–Trinajstić information content (AvgIpc) is 2.40. The van der Waals surface area contributed by atoms with Crippen LogP contribution in [0.5, 0.6) is 0 Å². The van der Waals surface area contributed by atoms with E-state index in [0.29, 0.717) is 11.2 Å². The molecule has 2 nitrogen and oxygen atoms in total. The number of hydrogen-bond donors (Lipinski definition) is 1. The maximum Gasteiger partial charge on any atom is 0.131 e. The summed E-state index contributed by atoms with van der Waals surface area (Å²) < 4.78 is 0. The second-order valence-corrected chi connectivity index (χ2v) is 6.20. The van der Waals surface area contributed by atoms with Crippen molar-refractivity contribution in [2.24, 2.45) is 5.41 Å². The van der Waals surface area contributed by atoms with Crippen LogP contribution >= 0.6 is 0 Å². The van der Waals surface area contributed by atoms with Gasteiger partial charge in [0.15, 0.2) is 0 Å². The van der Waals surface area contributed by atoms with Gasteiger partial charge < -0.3 is 5.73 Å². The van der Waals surface area contributed by atoms with Crippen molar-refractivity contribution in [1.82, 2.24) is 4.98 Å². The summed E-state index contributed by atoms with van der Waals surface area (Å²) in [4.78, 5) is 4.36. The van der Waals surface area contributed by atoms with Gasteiger partial charge in [-0.2, -0.15) is 0 Å². The van der Waals surface area contributed by atoms with E-state index in [0.717, 1.165) is 18.2 Å². The van der Waals surface area contributed by atoms with Gasteiger partial charge in [-0.3, -0.25) is 0 Å². The van der Waals surface area contributed by atoms with Crippen molar-refractivity contribution < 1.29 is 0 Å². The minimum atomic E-state index is 0.431. The summed E-state index contributed by atoms with van der Waals surface area (Å²) >= 11 is 0. The summed E-state index contributed by atoms with van der Waals surface area (Å²) in [5, 5.41) is 2.28. The minimum Gasteiger partial charge on any atom is -0.383 e. The van der Waals surface area contributed by atoms with E-state index in [4.69, 9.17) is 5.73 Å². The quantitative estimate of drug-likeness (QED) is 0.816. The standard InChI is InChI=1S/C17H20N2/c1-17(2)9-7-12(8-10-17)15-11-19-16(18)14-6-4-3-5-13(14)15/h3-7,11H,8-10H2,1-2H3,(H2,18,19). The van der Waals surface area contributed by atoms with Crippen LogP contribution < -0.4 is 5.73 Å². The molecule has 1 aromatic carbocycles. The Morgan fingerprint density at radius 2 is 1.89 bits per heavy atom. The topological polar surface area (TPSA) is 38.9 Å². The van der Waals surface area contributed by atoms with Crippen molar-refractivity contribution in [3.8, 4) is 0 Å². The number of pyridine rings is 1. The van der Waals surface area contributed by atoms with E-state index in [1.165, 1.54) is 22.9 Å². The first-order chi connectivity index (χ1) is 9.07. The number of nitrogens with two attached hydrogens (primary N) is 1. The number of nitrogen functional groups attached to an aromatic ring is 1. The van der Waals surface area contributed by atoms with E-state index >= 15 is 0 Å². The van der Waals surface area contributed by atoms with Crippen LogP contribution in [0.4, 0.5) is 5.82 Å². The highest BCUT2D eigenvalue weighted by atomic mass is 14.8. The van der Waals surface area contributed by atoms with Crippen LogP contribution in [0.3, 0.4) is 0 Å². The molecule has 2 N–H and O–H groups in total. The smallest absolute Gasteiger partial charge is 0.131 e. The van der Waals surface area contributed by atoms with E-state index in [1.54, 1.807) is 0 Å². The van der Waals surface area contributed by atoms with Crippen LogP contribution in [-0.2, 0) is 0 Å². The molecule has 98 valence electrons. The van der Waals surface area contributed by atoms with Gasteiger partial charge in [0.25, 0.3) is 0 Å². The highest BCUT2D eigenvalue weighted by Gasteiger charge is 2.22. The third-order valence-corrected chi connectivity index (χ3v) is 4.14. The number of hydrogen-bond acceptors (Lipinski definition) is 2. The normalized spacial score (nSPS) is 18.3. The number of benzene rings is 1. The van der Waals surface area contributed by atoms with Gasteiger partial charge in [0.1, 0.15) is 5.82 Å². The molecule has 2 heteroatoms. The molecule has 2 aromatic rings. The van der Waals surface area contributed by atoms with Crippen LogP contribution in [-0.4, -0.2) is 4.98 Å². The molecule has 3 rings (SSSR count). The van der Waals surface area contributed by atoms with Crippen molar-refractivity contribution in [1.29, 1.82) is 0 Å². The van der Waals surface area contributed by atoms with Crippen molar-refractivity contribution in [2.75, 3.05) is 5.73 Å². The van der Waals surface area contributed by atoms with Crippen LogP contribution in [0.2, 0.25) is 0 Å². The van der Waals surface area contributed by atoms with Gasteiger partial charge in [0.05, 0.1) is 0 Å². The molecule has 0 amide bonds. The van der Waals surface area contributed by atoms with Gasteiger partial charge >= 0.3 is 0 Å². The number of fused-ring (bicyclic) bond motifs is 1. The van der Waals surface area contributed by atoms with Gasteiger partial charge in [-0.15, -0.1) is 0 Å². The highest BCUT2D eigenvalue weighted by Crippen LogP contribution is 2.39. The van der Waals surface area contributed by atoms with Crippen LogP contribution in [0.1, 0.15) is 38.7 Å². The zero-order chi connectivity index (χ0) is 13.5. The molecular formula is C17H20N2. The molecule has 1 aliphatic rings. The van der Waals surface area contributed by atoms with Gasteiger partial charge in [-0.25, -0.2) is 4.98 Å². The summed E-state index contributed by atoms with van der Waals surface area (Å²) in [6, 6.07) is 8.28. The van der Waals surface area contributed by atoms with E-state index in [2.05, 4.69) is 43.1 Å². The third kappa shape index (κ3) is 2.23. The van der Waals surface area contributed by atoms with E-state index < -0.39 is 0 Å². The zero-order valence-corrected chi connectivity index (χ0v) is 11.6. The molecule has 0 unspecified atom stereocenters. The molecule has 1 heterocycles. The Hall–Kier alpha value is -1.83. The zero-order valence-electron chi connectivity index (χ0n) is 11.6. The predicted octanol–water partition coefficient (Wildman–Crippen LogP) is 4.41. The molecule has 1 aromatic heterocycles. The molecule has 0 fully saturated rings. The summed E-state index contributed by atoms with van der Waals surface area (Å²) in [5.41, 5.74) is 9.07. The Morgan fingerprint density at radius 3 is 2.58 bits per heavy atom. The first-order valence-electron chi connectivity index (χ1n) is 6.89. The Labute approximate surface area is 114 Å². The first kappa shape index (κ1) is 12.2. The fraction of sp³-hybridized carbons (Fsp3) is 0.353. The first-order valence-corrected chi connectivity index (χ1v) is 6.89. The molecule has 0 saturated carbocycles. The lowest BCUT2D eigenvalue weighted by molar-refractivity contribution is 0.335. The summed E-state index contributed by atoms with van der Waals surface area (Å²) in [5.74, 6) is 0.621. The van der Waals surface area contributed by atoms with Crippen molar-refractivity contribution >= 4 is 22.2 Å². The summed E-state index contributed by atoms with van der Waals surface area (Å²) in [7, 11) is 0. The highest BCUT2D eigenvalue weighted by molar-refractivity contribution is 5.98. The van der Waals surface area contributed by atoms with Gasteiger partial charge in [-0.1, -0.05) is 44.2 Å². The number of aromatic nitrogens is 1. The number of allylic oxidation sites excluding steroid dienone is 2. The number of nitrogens with zero attached hydrogens (tertiary/aromatic N) is 1. The lowest BCUT2D eigenvalue weighted by atomic mass is 9.77. The van der Waals surface area contributed by atoms with Gasteiger partial charge in [0.2, 0.25) is 0 Å². The van der Waals surface area contributed by atoms with Gasteiger partial charge in [0, 0.05) is 17.1 Å². The Bertz CT molecular complexity index is 653. The molecule has 1 aliphatic carbocycles. The Balaban J connectivity index is 2.12. The van der Waals surface area contributed by atoms with E-state index in [-0.39, 0.29) is 0 Å². The second-order valence-electron chi connectivity index (χ2n) is 6.20. The fourth-order valence-corrected chi connectivity index (χ4v) is 2.79. The Morgan fingerprint density at radius 1 is 1.16 bits per heavy atom. The van der Waals surface area contributed by atoms with Crippen molar-refractivity contribution in [3.05, 3.63) is 42.1 Å². The van der Waals surface area contributed by atoms with E-state index in [1.807, 2.05) is 12.3 Å². The second kappa shape index (κ2) is 4.37. The SMILES string of the molecule is CC1(C)CC=C(c2cnc(N)c3ccccc23)CC1. The molecule has 0 radical (unpaired) electrons. The number of rotatable bonds is 1. The van der Waals surface area contributed by atoms with Crippen LogP contribution in [0.25, 0.3) is 16.3 Å². The maximum absolute atomic E-state index is 5.97. The van der Waals surface area contributed by atoms with Crippen molar-refractivity contribution in [2.45, 2.75) is 33.1 Å². The Kier molecular flexibility index (Phi) is 2.81. The summed E-state index contributed by atoms with van der Waals surface area (Å²) in [6.07, 6.45) is 7.81.